The van der Waals surface area contributed by atoms with E-state index in [1.165, 1.54) is 24.0 Å². The van der Waals surface area contributed by atoms with Gasteiger partial charge in [-0.15, -0.1) is 0 Å². The summed E-state index contributed by atoms with van der Waals surface area (Å²) in [5, 5.41) is 3.74. The van der Waals surface area contributed by atoms with E-state index in [2.05, 4.69) is 61.2 Å². The SMILES string of the molecule is CC(C)(C)c1ccc(CCC(=O)NNC(=S)NC2CCCC2)cc1. The van der Waals surface area contributed by atoms with Gasteiger partial charge < -0.3 is 5.32 Å². The number of hydrogen-bond donors (Lipinski definition) is 3. The molecule has 5 heteroatoms. The van der Waals surface area contributed by atoms with Crippen molar-refractivity contribution in [1.29, 1.82) is 0 Å². The summed E-state index contributed by atoms with van der Waals surface area (Å²) in [5.41, 5.74) is 8.10. The van der Waals surface area contributed by atoms with E-state index in [1.54, 1.807) is 0 Å². The van der Waals surface area contributed by atoms with E-state index in [9.17, 15) is 4.79 Å². The van der Waals surface area contributed by atoms with Crippen LogP contribution in [0.5, 0.6) is 0 Å². The molecule has 4 nitrogen and oxygen atoms in total. The minimum Gasteiger partial charge on any atom is -0.359 e. The summed E-state index contributed by atoms with van der Waals surface area (Å²) in [5.74, 6) is -0.0505. The molecule has 1 aromatic rings. The lowest BCUT2D eigenvalue weighted by molar-refractivity contribution is -0.121. The molecule has 0 radical (unpaired) electrons. The average molecular weight is 348 g/mol. The molecule has 0 saturated heterocycles. The molecule has 0 bridgehead atoms. The Morgan fingerprint density at radius 2 is 1.75 bits per heavy atom. The van der Waals surface area contributed by atoms with E-state index >= 15 is 0 Å². The Hall–Kier alpha value is -1.62. The quantitative estimate of drug-likeness (QED) is 0.577. The minimum atomic E-state index is -0.0505. The van der Waals surface area contributed by atoms with Crippen LogP contribution in [-0.2, 0) is 16.6 Å². The van der Waals surface area contributed by atoms with Gasteiger partial charge in [0.1, 0.15) is 0 Å². The summed E-state index contributed by atoms with van der Waals surface area (Å²) in [7, 11) is 0. The molecule has 0 heterocycles. The number of carbonyl (C=O) groups is 1. The summed E-state index contributed by atoms with van der Waals surface area (Å²) in [6.45, 7) is 6.59. The smallest absolute Gasteiger partial charge is 0.238 e. The third-order valence-corrected chi connectivity index (χ3v) is 4.69. The first kappa shape index (κ1) is 18.7. The van der Waals surface area contributed by atoms with E-state index in [-0.39, 0.29) is 11.3 Å². The van der Waals surface area contributed by atoms with Crippen molar-refractivity contribution in [2.45, 2.75) is 70.8 Å². The van der Waals surface area contributed by atoms with Crippen LogP contribution in [0.4, 0.5) is 0 Å². The standard InChI is InChI=1S/C19H29N3OS/c1-19(2,3)15-11-8-14(9-12-15)10-13-17(23)21-22-18(24)20-16-6-4-5-7-16/h8-9,11-12,16H,4-7,10,13H2,1-3H3,(H,21,23)(H2,20,22,24). The molecule has 0 atom stereocenters. The third kappa shape index (κ3) is 6.11. The van der Waals surface area contributed by atoms with Gasteiger partial charge in [-0.2, -0.15) is 0 Å². The van der Waals surface area contributed by atoms with Crippen LogP contribution in [0.25, 0.3) is 0 Å². The average Bonchev–Trinajstić information content (AvgIpc) is 3.03. The Balaban J connectivity index is 1.68. The van der Waals surface area contributed by atoms with Gasteiger partial charge in [-0.25, -0.2) is 0 Å². The van der Waals surface area contributed by atoms with E-state index in [0.717, 1.165) is 19.3 Å². The zero-order valence-electron chi connectivity index (χ0n) is 14.9. The third-order valence-electron chi connectivity index (χ3n) is 4.47. The largest absolute Gasteiger partial charge is 0.359 e. The Labute approximate surface area is 150 Å². The number of nitrogens with one attached hydrogen (secondary N) is 3. The highest BCUT2D eigenvalue weighted by Gasteiger charge is 2.15. The van der Waals surface area contributed by atoms with Gasteiger partial charge in [0.05, 0.1) is 0 Å². The van der Waals surface area contributed by atoms with Crippen molar-refractivity contribution in [3.05, 3.63) is 35.4 Å². The zero-order chi connectivity index (χ0) is 17.6. The molecule has 0 spiro atoms. The Morgan fingerprint density at radius 3 is 2.33 bits per heavy atom. The zero-order valence-corrected chi connectivity index (χ0v) is 15.8. The fourth-order valence-electron chi connectivity index (χ4n) is 2.91. The predicted octanol–water partition coefficient (Wildman–Crippen LogP) is 3.35. The molecule has 0 unspecified atom stereocenters. The second kappa shape index (κ2) is 8.47. The maximum absolute atomic E-state index is 11.9. The molecular formula is C19H29N3OS. The van der Waals surface area contributed by atoms with E-state index in [1.807, 2.05) is 0 Å². The van der Waals surface area contributed by atoms with Crippen LogP contribution in [0.15, 0.2) is 24.3 Å². The van der Waals surface area contributed by atoms with Crippen LogP contribution in [0, 0.1) is 0 Å². The highest BCUT2D eigenvalue weighted by atomic mass is 32.1. The van der Waals surface area contributed by atoms with Crippen molar-refractivity contribution in [3.8, 4) is 0 Å². The van der Waals surface area contributed by atoms with Gasteiger partial charge in [0.2, 0.25) is 5.91 Å². The minimum absolute atomic E-state index is 0.0505. The number of thiocarbonyl (C=S) groups is 1. The number of hydrazine groups is 1. The van der Waals surface area contributed by atoms with Crippen molar-refractivity contribution >= 4 is 23.2 Å². The number of benzene rings is 1. The summed E-state index contributed by atoms with van der Waals surface area (Å²) < 4.78 is 0. The van der Waals surface area contributed by atoms with Crippen molar-refractivity contribution in [3.63, 3.8) is 0 Å². The van der Waals surface area contributed by atoms with E-state index < -0.39 is 0 Å². The highest BCUT2D eigenvalue weighted by molar-refractivity contribution is 7.80. The predicted molar refractivity (Wildman–Crippen MR) is 103 cm³/mol. The summed E-state index contributed by atoms with van der Waals surface area (Å²) in [6, 6.07) is 8.95. The molecule has 3 N–H and O–H groups in total. The number of amides is 1. The first-order chi connectivity index (χ1) is 11.3. The van der Waals surface area contributed by atoms with Crippen LogP contribution in [0.2, 0.25) is 0 Å². The van der Waals surface area contributed by atoms with Crippen LogP contribution in [0.3, 0.4) is 0 Å². The van der Waals surface area contributed by atoms with Crippen molar-refractivity contribution < 1.29 is 4.79 Å². The highest BCUT2D eigenvalue weighted by Crippen LogP contribution is 2.22. The van der Waals surface area contributed by atoms with Gasteiger partial charge in [0.25, 0.3) is 0 Å². The molecule has 0 aliphatic heterocycles. The molecule has 1 aliphatic rings. The van der Waals surface area contributed by atoms with Gasteiger partial charge in [0.15, 0.2) is 5.11 Å². The molecule has 132 valence electrons. The fourth-order valence-corrected chi connectivity index (χ4v) is 3.13. The Bertz CT molecular complexity index is 557. The Kier molecular flexibility index (Phi) is 6.60. The number of aryl methyl sites for hydroxylation is 1. The monoisotopic (exact) mass is 347 g/mol. The lowest BCUT2D eigenvalue weighted by atomic mass is 9.86. The molecule has 1 aromatic carbocycles. The molecule has 1 fully saturated rings. The first-order valence-electron chi connectivity index (χ1n) is 8.79. The first-order valence-corrected chi connectivity index (χ1v) is 9.20. The Morgan fingerprint density at radius 1 is 1.12 bits per heavy atom. The molecule has 2 rings (SSSR count). The van der Waals surface area contributed by atoms with Gasteiger partial charge >= 0.3 is 0 Å². The van der Waals surface area contributed by atoms with Gasteiger partial charge in [-0.05, 0) is 48.0 Å². The van der Waals surface area contributed by atoms with E-state index in [4.69, 9.17) is 12.2 Å². The summed E-state index contributed by atoms with van der Waals surface area (Å²) in [4.78, 5) is 11.9. The van der Waals surface area contributed by atoms with Crippen molar-refractivity contribution in [1.82, 2.24) is 16.2 Å². The molecule has 0 aromatic heterocycles. The lowest BCUT2D eigenvalue weighted by Gasteiger charge is -2.19. The molecule has 1 saturated carbocycles. The molecular weight excluding hydrogens is 318 g/mol. The lowest BCUT2D eigenvalue weighted by Crippen LogP contribution is -2.49. The maximum Gasteiger partial charge on any atom is 0.238 e. The molecule has 1 aliphatic carbocycles. The van der Waals surface area contributed by atoms with Gasteiger partial charge in [0, 0.05) is 12.5 Å². The number of hydrogen-bond acceptors (Lipinski definition) is 2. The second-order valence-electron chi connectivity index (χ2n) is 7.57. The van der Waals surface area contributed by atoms with Crippen LogP contribution < -0.4 is 16.2 Å². The molecule has 1 amide bonds. The van der Waals surface area contributed by atoms with Crippen LogP contribution >= 0.6 is 12.2 Å². The number of rotatable bonds is 4. The van der Waals surface area contributed by atoms with Crippen LogP contribution in [-0.4, -0.2) is 17.1 Å². The summed E-state index contributed by atoms with van der Waals surface area (Å²) >= 11 is 5.20. The second-order valence-corrected chi connectivity index (χ2v) is 7.98. The maximum atomic E-state index is 11.9. The van der Waals surface area contributed by atoms with Gasteiger partial charge in [-0.1, -0.05) is 57.9 Å². The summed E-state index contributed by atoms with van der Waals surface area (Å²) in [6.07, 6.45) is 5.97. The fraction of sp³-hybridized carbons (Fsp3) is 0.579. The molecule has 24 heavy (non-hydrogen) atoms. The van der Waals surface area contributed by atoms with Crippen LogP contribution in [0.1, 0.15) is 64.0 Å². The number of carbonyl (C=O) groups excluding carboxylic acids is 1. The van der Waals surface area contributed by atoms with Crippen molar-refractivity contribution in [2.75, 3.05) is 0 Å². The van der Waals surface area contributed by atoms with Crippen molar-refractivity contribution in [2.24, 2.45) is 0 Å². The topological polar surface area (TPSA) is 53.2 Å². The van der Waals surface area contributed by atoms with E-state index in [0.29, 0.717) is 17.6 Å². The normalized spacial score (nSPS) is 15.1. The van der Waals surface area contributed by atoms with Gasteiger partial charge in [-0.3, -0.25) is 15.6 Å².